The second-order valence-electron chi connectivity index (χ2n) is 7.45. The van der Waals surface area contributed by atoms with Crippen molar-refractivity contribution >= 4 is 23.4 Å². The topological polar surface area (TPSA) is 63.4 Å². The van der Waals surface area contributed by atoms with Gasteiger partial charge in [0.2, 0.25) is 5.91 Å². The highest BCUT2D eigenvalue weighted by molar-refractivity contribution is 7.99. The van der Waals surface area contributed by atoms with Crippen molar-refractivity contribution < 1.29 is 4.79 Å². The second kappa shape index (κ2) is 8.37. The first-order chi connectivity index (χ1) is 12.8. The third-order valence-electron chi connectivity index (χ3n) is 5.71. The van der Waals surface area contributed by atoms with E-state index in [2.05, 4.69) is 20.1 Å². The lowest BCUT2D eigenvalue weighted by atomic mass is 9.88. The minimum absolute atomic E-state index is 0.273. The van der Waals surface area contributed by atoms with Crippen LogP contribution in [0.15, 0.2) is 23.6 Å². The Bertz CT molecular complexity index is 718. The van der Waals surface area contributed by atoms with Gasteiger partial charge in [-0.1, -0.05) is 50.3 Å². The van der Waals surface area contributed by atoms with Crippen LogP contribution >= 0.6 is 11.8 Å². The standard InChI is InChI=1S/C19H27N5OS/c25-17(14-26-19-22-21-18-20-12-7-13-23(18)19)24(15-8-3-1-4-9-15)16-10-5-2-6-11-16/h7,12-13,15-16H,1-6,8-11,14H2. The average Bonchev–Trinajstić information content (AvgIpc) is 3.11. The summed E-state index contributed by atoms with van der Waals surface area (Å²) in [5, 5.41) is 9.02. The first-order valence-corrected chi connectivity index (χ1v) is 10.9. The van der Waals surface area contributed by atoms with Gasteiger partial charge in [-0.25, -0.2) is 4.98 Å². The number of nitrogens with zero attached hydrogens (tertiary/aromatic N) is 5. The minimum Gasteiger partial charge on any atom is -0.336 e. The highest BCUT2D eigenvalue weighted by atomic mass is 32.2. The normalized spacial score (nSPS) is 19.7. The van der Waals surface area contributed by atoms with Gasteiger partial charge >= 0.3 is 0 Å². The molecule has 26 heavy (non-hydrogen) atoms. The molecule has 140 valence electrons. The van der Waals surface area contributed by atoms with Gasteiger partial charge in [0.15, 0.2) is 5.16 Å². The molecule has 0 aliphatic heterocycles. The predicted molar refractivity (Wildman–Crippen MR) is 102 cm³/mol. The molecule has 0 aromatic carbocycles. The average molecular weight is 374 g/mol. The SMILES string of the molecule is O=C(CSc1nnc2ncccn12)N(C1CCCCC1)C1CCCCC1. The van der Waals surface area contributed by atoms with Crippen molar-refractivity contribution in [2.24, 2.45) is 0 Å². The Balaban J connectivity index is 1.46. The molecule has 2 aliphatic rings. The molecule has 2 heterocycles. The number of aromatic nitrogens is 4. The second-order valence-corrected chi connectivity index (χ2v) is 8.39. The molecule has 2 saturated carbocycles. The van der Waals surface area contributed by atoms with Gasteiger partial charge in [0.25, 0.3) is 5.78 Å². The van der Waals surface area contributed by atoms with Gasteiger partial charge in [-0.05, 0) is 31.7 Å². The van der Waals surface area contributed by atoms with Crippen LogP contribution in [0.25, 0.3) is 5.78 Å². The Hall–Kier alpha value is -1.63. The zero-order chi connectivity index (χ0) is 17.8. The summed E-state index contributed by atoms with van der Waals surface area (Å²) in [5.41, 5.74) is 0. The van der Waals surface area contributed by atoms with E-state index in [1.807, 2.05) is 16.7 Å². The molecule has 2 aromatic heterocycles. The van der Waals surface area contributed by atoms with Gasteiger partial charge in [-0.3, -0.25) is 9.20 Å². The third-order valence-corrected chi connectivity index (χ3v) is 6.63. The lowest BCUT2D eigenvalue weighted by Crippen LogP contribution is -2.49. The van der Waals surface area contributed by atoms with Crippen molar-refractivity contribution in [3.8, 4) is 0 Å². The molecule has 0 bridgehead atoms. The van der Waals surface area contributed by atoms with E-state index in [1.54, 1.807) is 6.20 Å². The van der Waals surface area contributed by atoms with Crippen molar-refractivity contribution in [1.29, 1.82) is 0 Å². The van der Waals surface area contributed by atoms with Gasteiger partial charge in [-0.15, -0.1) is 10.2 Å². The van der Waals surface area contributed by atoms with Crippen molar-refractivity contribution in [2.75, 3.05) is 5.75 Å². The van der Waals surface area contributed by atoms with Gasteiger partial charge in [-0.2, -0.15) is 0 Å². The summed E-state index contributed by atoms with van der Waals surface area (Å²) in [5.74, 6) is 1.29. The Morgan fingerprint density at radius 2 is 1.69 bits per heavy atom. The van der Waals surface area contributed by atoms with Crippen LogP contribution in [0.5, 0.6) is 0 Å². The zero-order valence-corrected chi connectivity index (χ0v) is 16.0. The zero-order valence-electron chi connectivity index (χ0n) is 15.2. The molecule has 0 saturated heterocycles. The van der Waals surface area contributed by atoms with E-state index < -0.39 is 0 Å². The van der Waals surface area contributed by atoms with Crippen LogP contribution in [0.2, 0.25) is 0 Å². The molecule has 2 fully saturated rings. The largest absolute Gasteiger partial charge is 0.336 e. The quantitative estimate of drug-likeness (QED) is 0.748. The van der Waals surface area contributed by atoms with E-state index in [1.165, 1.54) is 76.0 Å². The number of carbonyl (C=O) groups excluding carboxylic acids is 1. The van der Waals surface area contributed by atoms with Gasteiger partial charge < -0.3 is 4.90 Å². The summed E-state index contributed by atoms with van der Waals surface area (Å²) in [6.45, 7) is 0. The van der Waals surface area contributed by atoms with Crippen LogP contribution in [-0.4, -0.2) is 48.2 Å². The number of amides is 1. The molecular weight excluding hydrogens is 346 g/mol. The maximum Gasteiger partial charge on any atom is 0.255 e. The molecule has 0 unspecified atom stereocenters. The first-order valence-electron chi connectivity index (χ1n) is 9.92. The molecule has 0 atom stereocenters. The van der Waals surface area contributed by atoms with Crippen LogP contribution in [0.1, 0.15) is 64.2 Å². The minimum atomic E-state index is 0.273. The first kappa shape index (κ1) is 17.8. The van der Waals surface area contributed by atoms with Crippen LogP contribution in [0, 0.1) is 0 Å². The van der Waals surface area contributed by atoms with Crippen molar-refractivity contribution in [2.45, 2.75) is 81.4 Å². The summed E-state index contributed by atoms with van der Waals surface area (Å²) < 4.78 is 1.85. The molecule has 2 aromatic rings. The fourth-order valence-electron chi connectivity index (χ4n) is 4.45. The number of fused-ring (bicyclic) bond motifs is 1. The summed E-state index contributed by atoms with van der Waals surface area (Å²) in [4.78, 5) is 19.7. The van der Waals surface area contributed by atoms with Crippen LogP contribution < -0.4 is 0 Å². The van der Waals surface area contributed by atoms with Gasteiger partial charge in [0, 0.05) is 24.5 Å². The van der Waals surface area contributed by atoms with Crippen LogP contribution in [-0.2, 0) is 4.79 Å². The highest BCUT2D eigenvalue weighted by Crippen LogP contribution is 2.31. The lowest BCUT2D eigenvalue weighted by molar-refractivity contribution is -0.135. The number of hydrogen-bond donors (Lipinski definition) is 0. The maximum atomic E-state index is 13.2. The summed E-state index contributed by atoms with van der Waals surface area (Å²) in [6.07, 6.45) is 16.0. The van der Waals surface area contributed by atoms with E-state index >= 15 is 0 Å². The Morgan fingerprint density at radius 1 is 1.04 bits per heavy atom. The molecule has 7 heteroatoms. The molecule has 2 aliphatic carbocycles. The molecule has 6 nitrogen and oxygen atoms in total. The number of carbonyl (C=O) groups is 1. The molecule has 4 rings (SSSR count). The molecule has 0 spiro atoms. The van der Waals surface area contributed by atoms with Crippen molar-refractivity contribution in [3.05, 3.63) is 18.5 Å². The van der Waals surface area contributed by atoms with Crippen LogP contribution in [0.4, 0.5) is 0 Å². The van der Waals surface area contributed by atoms with E-state index in [4.69, 9.17) is 0 Å². The predicted octanol–water partition coefficient (Wildman–Crippen LogP) is 3.71. The number of rotatable bonds is 5. The fraction of sp³-hybridized carbons (Fsp3) is 0.684. The monoisotopic (exact) mass is 373 g/mol. The molecule has 0 radical (unpaired) electrons. The number of thioether (sulfide) groups is 1. The summed E-state index contributed by atoms with van der Waals surface area (Å²) >= 11 is 1.48. The van der Waals surface area contributed by atoms with E-state index in [0.717, 1.165) is 5.16 Å². The fourth-order valence-corrected chi connectivity index (χ4v) is 5.23. The molecule has 0 N–H and O–H groups in total. The lowest BCUT2D eigenvalue weighted by Gasteiger charge is -2.41. The van der Waals surface area contributed by atoms with Crippen LogP contribution in [0.3, 0.4) is 0 Å². The van der Waals surface area contributed by atoms with Crippen molar-refractivity contribution in [1.82, 2.24) is 24.5 Å². The number of hydrogen-bond acceptors (Lipinski definition) is 5. The van der Waals surface area contributed by atoms with E-state index in [0.29, 0.717) is 23.6 Å². The maximum absolute atomic E-state index is 13.2. The third kappa shape index (κ3) is 3.87. The van der Waals surface area contributed by atoms with E-state index in [9.17, 15) is 4.79 Å². The summed E-state index contributed by atoms with van der Waals surface area (Å²) in [6, 6.07) is 2.74. The Morgan fingerprint density at radius 3 is 2.35 bits per heavy atom. The summed E-state index contributed by atoms with van der Waals surface area (Å²) in [7, 11) is 0. The Kier molecular flexibility index (Phi) is 5.72. The smallest absolute Gasteiger partial charge is 0.255 e. The molecular formula is C19H27N5OS. The van der Waals surface area contributed by atoms with Gasteiger partial charge in [0.05, 0.1) is 5.75 Å². The molecule has 1 amide bonds. The Labute approximate surface area is 158 Å². The van der Waals surface area contributed by atoms with Crippen molar-refractivity contribution in [3.63, 3.8) is 0 Å². The highest BCUT2D eigenvalue weighted by Gasteiger charge is 2.32. The van der Waals surface area contributed by atoms with Gasteiger partial charge in [0.1, 0.15) is 0 Å². The van der Waals surface area contributed by atoms with E-state index in [-0.39, 0.29) is 5.91 Å².